The van der Waals surface area contributed by atoms with Crippen LogP contribution in [0.5, 0.6) is 0 Å². The SMILES string of the molecule is CC1(C(=O)O)c2sccc2[C@@H]2CN1C(=O)N2OS(=O)(=O)O. The van der Waals surface area contributed by atoms with Crippen LogP contribution in [0.4, 0.5) is 4.79 Å². The second kappa shape index (κ2) is 4.16. The van der Waals surface area contributed by atoms with Gasteiger partial charge in [0.05, 0.1) is 6.54 Å². The first-order valence-corrected chi connectivity index (χ1v) is 8.00. The van der Waals surface area contributed by atoms with Crippen molar-refractivity contribution >= 4 is 33.7 Å². The molecule has 3 rings (SSSR count). The number of aliphatic carboxylic acids is 1. The quantitative estimate of drug-likeness (QED) is 0.774. The molecule has 1 aromatic heterocycles. The summed E-state index contributed by atoms with van der Waals surface area (Å²) in [5.41, 5.74) is -1.11. The van der Waals surface area contributed by atoms with E-state index in [-0.39, 0.29) is 6.54 Å². The van der Waals surface area contributed by atoms with Crippen molar-refractivity contribution in [3.63, 3.8) is 0 Å². The molecule has 11 heteroatoms. The number of hydrogen-bond donors (Lipinski definition) is 2. The lowest BCUT2D eigenvalue weighted by Gasteiger charge is -2.36. The van der Waals surface area contributed by atoms with Gasteiger partial charge < -0.3 is 5.11 Å². The molecule has 2 bridgehead atoms. The fraction of sp³-hybridized carbons (Fsp3) is 0.400. The van der Waals surface area contributed by atoms with Crippen LogP contribution in [0.15, 0.2) is 11.4 Å². The molecule has 2 atom stereocenters. The van der Waals surface area contributed by atoms with E-state index in [1.54, 1.807) is 11.4 Å². The van der Waals surface area contributed by atoms with Gasteiger partial charge >= 0.3 is 22.4 Å². The van der Waals surface area contributed by atoms with E-state index in [1.165, 1.54) is 6.92 Å². The number of fused-ring (bicyclic) bond motifs is 4. The number of hydrogen-bond acceptors (Lipinski definition) is 6. The first kappa shape index (κ1) is 14.3. The molecule has 2 N–H and O–H groups in total. The van der Waals surface area contributed by atoms with Gasteiger partial charge in [0.25, 0.3) is 0 Å². The number of nitrogens with zero attached hydrogens (tertiary/aromatic N) is 2. The molecule has 114 valence electrons. The zero-order valence-electron chi connectivity index (χ0n) is 10.6. The molecule has 0 radical (unpaired) electrons. The zero-order chi connectivity index (χ0) is 15.6. The Morgan fingerprint density at radius 3 is 2.81 bits per heavy atom. The van der Waals surface area contributed by atoms with Crippen molar-refractivity contribution in [2.24, 2.45) is 0 Å². The lowest BCUT2D eigenvalue weighted by molar-refractivity contribution is -0.149. The van der Waals surface area contributed by atoms with Crippen molar-refractivity contribution in [1.82, 2.24) is 9.96 Å². The number of carboxylic acid groups (broad SMARTS) is 1. The summed E-state index contributed by atoms with van der Waals surface area (Å²) in [6, 6.07) is -0.0960. The molecular formula is C10H10N2O7S2. The number of carbonyl (C=O) groups excluding carboxylic acids is 1. The number of amides is 2. The average Bonchev–Trinajstić information content (AvgIpc) is 2.93. The van der Waals surface area contributed by atoms with Crippen molar-refractivity contribution in [2.45, 2.75) is 18.5 Å². The van der Waals surface area contributed by atoms with Gasteiger partial charge in [0.15, 0.2) is 5.54 Å². The summed E-state index contributed by atoms with van der Waals surface area (Å²) in [5, 5.41) is 11.7. The van der Waals surface area contributed by atoms with Crippen LogP contribution in [0.2, 0.25) is 0 Å². The Bertz CT molecular complexity index is 742. The summed E-state index contributed by atoms with van der Waals surface area (Å²) >= 11 is 1.16. The molecule has 2 aliphatic heterocycles. The second-order valence-electron chi connectivity index (χ2n) is 4.82. The predicted octanol–water partition coefficient (Wildman–Crippen LogP) is 0.575. The molecule has 1 aromatic rings. The summed E-state index contributed by atoms with van der Waals surface area (Å²) < 4.78 is 34.8. The van der Waals surface area contributed by atoms with Crippen LogP contribution in [0.1, 0.15) is 23.4 Å². The van der Waals surface area contributed by atoms with Crippen molar-refractivity contribution in [1.29, 1.82) is 0 Å². The third-order valence-corrected chi connectivity index (χ3v) is 5.18. The lowest BCUT2D eigenvalue weighted by atomic mass is 9.89. The number of carboxylic acids is 1. The number of carbonyl (C=O) groups is 2. The van der Waals surface area contributed by atoms with Crippen LogP contribution in [0.3, 0.4) is 0 Å². The highest BCUT2D eigenvalue weighted by Gasteiger charge is 2.59. The number of urea groups is 1. The summed E-state index contributed by atoms with van der Waals surface area (Å²) in [6.45, 7) is 1.33. The second-order valence-corrected chi connectivity index (χ2v) is 6.74. The Balaban J connectivity index is 2.15. The van der Waals surface area contributed by atoms with E-state index < -0.39 is 34.0 Å². The van der Waals surface area contributed by atoms with E-state index in [0.29, 0.717) is 15.5 Å². The largest absolute Gasteiger partial charge is 0.479 e. The normalized spacial score (nSPS) is 27.9. The number of rotatable bonds is 3. The minimum Gasteiger partial charge on any atom is -0.479 e. The standard InChI is InChI=1S/C10H10N2O7S2/c1-10(8(13)14)7-5(2-3-20-7)6-4-11(10)9(15)12(6)19-21(16,17)18/h2-3,6H,4H2,1H3,(H,13,14)(H,16,17,18)/t6-,10?/m0/s1. The third kappa shape index (κ3) is 1.85. The molecule has 1 fully saturated rings. The van der Waals surface area contributed by atoms with Crippen LogP contribution >= 0.6 is 11.3 Å². The molecule has 1 saturated heterocycles. The first-order valence-electron chi connectivity index (χ1n) is 5.75. The molecule has 9 nitrogen and oxygen atoms in total. The molecule has 21 heavy (non-hydrogen) atoms. The van der Waals surface area contributed by atoms with E-state index in [2.05, 4.69) is 4.28 Å². The Morgan fingerprint density at radius 1 is 1.57 bits per heavy atom. The van der Waals surface area contributed by atoms with Crippen molar-refractivity contribution in [3.8, 4) is 0 Å². The fourth-order valence-electron chi connectivity index (χ4n) is 2.67. The molecule has 0 saturated carbocycles. The van der Waals surface area contributed by atoms with Crippen molar-refractivity contribution in [3.05, 3.63) is 21.9 Å². The van der Waals surface area contributed by atoms with Crippen LogP contribution in [-0.2, 0) is 25.0 Å². The van der Waals surface area contributed by atoms with Crippen molar-refractivity contribution in [2.75, 3.05) is 6.54 Å². The average molecular weight is 334 g/mol. The van der Waals surface area contributed by atoms with E-state index >= 15 is 0 Å². The highest BCUT2D eigenvalue weighted by molar-refractivity contribution is 7.80. The summed E-state index contributed by atoms with van der Waals surface area (Å²) in [4.78, 5) is 25.3. The van der Waals surface area contributed by atoms with Crippen LogP contribution in [-0.4, -0.2) is 46.6 Å². The van der Waals surface area contributed by atoms with Gasteiger partial charge in [0.2, 0.25) is 0 Å². The van der Waals surface area contributed by atoms with Gasteiger partial charge in [-0.2, -0.15) is 13.5 Å². The van der Waals surface area contributed by atoms with E-state index in [0.717, 1.165) is 16.2 Å². The monoisotopic (exact) mass is 334 g/mol. The smallest absolute Gasteiger partial charge is 0.418 e. The fourth-order valence-corrected chi connectivity index (χ4v) is 4.16. The van der Waals surface area contributed by atoms with Gasteiger partial charge in [-0.25, -0.2) is 9.59 Å². The van der Waals surface area contributed by atoms with E-state index in [9.17, 15) is 23.1 Å². The Morgan fingerprint density at radius 2 is 2.24 bits per heavy atom. The maximum atomic E-state index is 12.2. The molecular weight excluding hydrogens is 324 g/mol. The lowest BCUT2D eigenvalue weighted by Crippen LogP contribution is -2.52. The minimum absolute atomic E-state index is 0.0408. The Kier molecular flexibility index (Phi) is 2.82. The molecule has 3 heterocycles. The zero-order valence-corrected chi connectivity index (χ0v) is 12.2. The first-order chi connectivity index (χ1) is 9.66. The van der Waals surface area contributed by atoms with E-state index in [1.807, 2.05) is 0 Å². The highest BCUT2D eigenvalue weighted by atomic mass is 32.3. The van der Waals surface area contributed by atoms with Crippen LogP contribution in [0, 0.1) is 0 Å². The third-order valence-electron chi connectivity index (χ3n) is 3.69. The maximum Gasteiger partial charge on any atom is 0.418 e. The number of thiophene rings is 1. The summed E-state index contributed by atoms with van der Waals surface area (Å²) in [5.74, 6) is -1.23. The van der Waals surface area contributed by atoms with Gasteiger partial charge in [-0.05, 0) is 23.9 Å². The molecule has 2 amide bonds. The van der Waals surface area contributed by atoms with Gasteiger partial charge in [0.1, 0.15) is 6.04 Å². The molecule has 0 aromatic carbocycles. The molecule has 2 aliphatic rings. The topological polar surface area (TPSA) is 124 Å². The number of hydroxylamine groups is 2. The van der Waals surface area contributed by atoms with Crippen molar-refractivity contribution < 1.29 is 31.9 Å². The van der Waals surface area contributed by atoms with Crippen LogP contribution in [0.25, 0.3) is 0 Å². The summed E-state index contributed by atoms with van der Waals surface area (Å²) in [6.07, 6.45) is 0. The highest BCUT2D eigenvalue weighted by Crippen LogP contribution is 2.49. The molecule has 1 unspecified atom stereocenters. The Labute approximate surface area is 123 Å². The summed E-state index contributed by atoms with van der Waals surface area (Å²) in [7, 11) is -4.89. The van der Waals surface area contributed by atoms with Gasteiger partial charge in [-0.3, -0.25) is 9.45 Å². The molecule has 0 spiro atoms. The van der Waals surface area contributed by atoms with Gasteiger partial charge in [-0.15, -0.1) is 15.6 Å². The van der Waals surface area contributed by atoms with E-state index in [4.69, 9.17) is 4.55 Å². The van der Waals surface area contributed by atoms with Gasteiger partial charge in [0, 0.05) is 4.88 Å². The molecule has 0 aliphatic carbocycles. The van der Waals surface area contributed by atoms with Gasteiger partial charge in [-0.1, -0.05) is 0 Å². The Hall–Kier alpha value is -1.69. The van der Waals surface area contributed by atoms with Crippen LogP contribution < -0.4 is 0 Å². The maximum absolute atomic E-state index is 12.2. The minimum atomic E-state index is -4.89. The predicted molar refractivity (Wildman–Crippen MR) is 68.6 cm³/mol.